The average Bonchev–Trinajstić information content (AvgIpc) is 3.14. The minimum atomic E-state index is -0.253. The average molecular weight is 303 g/mol. The number of fused-ring (bicyclic) bond motifs is 1. The van der Waals surface area contributed by atoms with Crippen LogP contribution in [0.25, 0.3) is 0 Å². The molecule has 5 heteroatoms. The van der Waals surface area contributed by atoms with Crippen LogP contribution in [-0.2, 0) is 16.1 Å². The highest BCUT2D eigenvalue weighted by atomic mass is 32.1. The van der Waals surface area contributed by atoms with Crippen LogP contribution >= 0.6 is 11.3 Å². The lowest BCUT2D eigenvalue weighted by Crippen LogP contribution is -2.18. The molecular formula is C16H17NO3S. The highest BCUT2D eigenvalue weighted by Crippen LogP contribution is 2.32. The van der Waals surface area contributed by atoms with Crippen molar-refractivity contribution in [2.75, 3.05) is 0 Å². The van der Waals surface area contributed by atoms with Gasteiger partial charge in [0.15, 0.2) is 0 Å². The first-order valence-electron chi connectivity index (χ1n) is 7.06. The van der Waals surface area contributed by atoms with Crippen molar-refractivity contribution in [1.82, 2.24) is 4.57 Å². The van der Waals surface area contributed by atoms with Crippen LogP contribution < -0.4 is 0 Å². The number of carbonyl (C=O) groups is 2. The molecule has 3 heterocycles. The Labute approximate surface area is 127 Å². The summed E-state index contributed by atoms with van der Waals surface area (Å²) in [6.07, 6.45) is 0.584. The second-order valence-electron chi connectivity index (χ2n) is 5.43. The number of aromatic nitrogens is 1. The molecule has 0 N–H and O–H groups in total. The van der Waals surface area contributed by atoms with Gasteiger partial charge in [-0.3, -0.25) is 9.59 Å². The molecule has 110 valence electrons. The Bertz CT molecular complexity index is 670. The Hall–Kier alpha value is -1.88. The molecule has 2 aromatic heterocycles. The third-order valence-corrected chi connectivity index (χ3v) is 4.50. The fourth-order valence-corrected chi connectivity index (χ4v) is 3.40. The number of hydrogen-bond donors (Lipinski definition) is 0. The van der Waals surface area contributed by atoms with Crippen LogP contribution in [0.1, 0.15) is 47.2 Å². The van der Waals surface area contributed by atoms with Gasteiger partial charge in [0, 0.05) is 12.2 Å². The van der Waals surface area contributed by atoms with E-state index < -0.39 is 0 Å². The second kappa shape index (κ2) is 5.48. The third kappa shape index (κ3) is 2.53. The van der Waals surface area contributed by atoms with Crippen LogP contribution in [0.4, 0.5) is 0 Å². The summed E-state index contributed by atoms with van der Waals surface area (Å²) in [4.78, 5) is 25.3. The molecule has 0 bridgehead atoms. The van der Waals surface area contributed by atoms with Gasteiger partial charge in [-0.25, -0.2) is 0 Å². The quantitative estimate of drug-likeness (QED) is 0.643. The molecule has 0 spiro atoms. The number of thiophene rings is 1. The van der Waals surface area contributed by atoms with Gasteiger partial charge in [0.25, 0.3) is 0 Å². The van der Waals surface area contributed by atoms with Crippen molar-refractivity contribution in [3.05, 3.63) is 45.9 Å². The Morgan fingerprint density at radius 3 is 2.81 bits per heavy atom. The summed E-state index contributed by atoms with van der Waals surface area (Å²) in [5, 5.41) is 1.89. The summed E-state index contributed by atoms with van der Waals surface area (Å²) in [6.45, 7) is 4.38. The highest BCUT2D eigenvalue weighted by molar-refractivity contribution is 7.12. The van der Waals surface area contributed by atoms with E-state index in [1.54, 1.807) is 0 Å². The van der Waals surface area contributed by atoms with Crippen LogP contribution in [-0.4, -0.2) is 22.4 Å². The molecule has 0 saturated carbocycles. The summed E-state index contributed by atoms with van der Waals surface area (Å²) in [7, 11) is 0. The molecule has 0 fully saturated rings. The predicted molar refractivity (Wildman–Crippen MR) is 80.8 cm³/mol. The summed E-state index contributed by atoms with van der Waals surface area (Å²) in [5.74, 6) is -0.427. The van der Waals surface area contributed by atoms with Crippen molar-refractivity contribution in [2.45, 2.75) is 38.8 Å². The zero-order chi connectivity index (χ0) is 15.0. The van der Waals surface area contributed by atoms with E-state index in [1.165, 1.54) is 11.3 Å². The van der Waals surface area contributed by atoms with E-state index in [-0.39, 0.29) is 23.8 Å². The standard InChI is InChI=1S/C16H17NO3S/c1-10(2)20-16(19)11-7-8-17-12(11)5-6-13(17)15(18)14-4-3-9-21-14/h3-6,9-11H,7-8H2,1-2H3. The highest BCUT2D eigenvalue weighted by Gasteiger charge is 2.33. The molecule has 0 aromatic carbocycles. The van der Waals surface area contributed by atoms with Crippen LogP contribution in [0.3, 0.4) is 0 Å². The van der Waals surface area contributed by atoms with Gasteiger partial charge in [0.1, 0.15) is 0 Å². The van der Waals surface area contributed by atoms with Crippen molar-refractivity contribution < 1.29 is 14.3 Å². The molecule has 1 unspecified atom stereocenters. The minimum absolute atomic E-state index is 0.0223. The number of rotatable bonds is 4. The third-order valence-electron chi connectivity index (χ3n) is 3.63. The van der Waals surface area contributed by atoms with E-state index in [0.29, 0.717) is 18.7 Å². The first kappa shape index (κ1) is 14.1. The SMILES string of the molecule is CC(C)OC(=O)C1CCn2c(C(=O)c3cccs3)ccc21. The topological polar surface area (TPSA) is 48.3 Å². The maximum Gasteiger partial charge on any atom is 0.315 e. The first-order valence-corrected chi connectivity index (χ1v) is 7.94. The molecule has 0 aliphatic carbocycles. The molecule has 0 radical (unpaired) electrons. The molecule has 21 heavy (non-hydrogen) atoms. The molecule has 1 aliphatic rings. The summed E-state index contributed by atoms with van der Waals surface area (Å²) in [5.41, 5.74) is 1.55. The van der Waals surface area contributed by atoms with E-state index in [4.69, 9.17) is 4.74 Å². The number of ether oxygens (including phenoxy) is 1. The molecule has 0 saturated heterocycles. The number of ketones is 1. The maximum absolute atomic E-state index is 12.5. The normalized spacial score (nSPS) is 17.0. The fourth-order valence-electron chi connectivity index (χ4n) is 2.73. The zero-order valence-corrected chi connectivity index (χ0v) is 12.9. The van der Waals surface area contributed by atoms with Crippen LogP contribution in [0.5, 0.6) is 0 Å². The van der Waals surface area contributed by atoms with Crippen LogP contribution in [0.15, 0.2) is 29.6 Å². The van der Waals surface area contributed by atoms with Crippen LogP contribution in [0.2, 0.25) is 0 Å². The summed E-state index contributed by atoms with van der Waals surface area (Å²) in [6, 6.07) is 7.38. The van der Waals surface area contributed by atoms with Crippen LogP contribution in [0, 0.1) is 0 Å². The van der Waals surface area contributed by atoms with Gasteiger partial charge < -0.3 is 9.30 Å². The fraction of sp³-hybridized carbons (Fsp3) is 0.375. The zero-order valence-electron chi connectivity index (χ0n) is 12.0. The molecule has 3 rings (SSSR count). The van der Waals surface area contributed by atoms with E-state index in [0.717, 1.165) is 10.6 Å². The molecule has 2 aromatic rings. The van der Waals surface area contributed by atoms with Gasteiger partial charge in [0.05, 0.1) is 22.6 Å². The second-order valence-corrected chi connectivity index (χ2v) is 6.38. The Kier molecular flexibility index (Phi) is 3.68. The van der Waals surface area contributed by atoms with Gasteiger partial charge in [-0.05, 0) is 43.8 Å². The lowest BCUT2D eigenvalue weighted by Gasteiger charge is -2.12. The molecule has 0 amide bonds. The lowest BCUT2D eigenvalue weighted by atomic mass is 10.1. The van der Waals surface area contributed by atoms with Gasteiger partial charge in [-0.1, -0.05) is 6.07 Å². The van der Waals surface area contributed by atoms with E-state index >= 15 is 0 Å². The molecular weight excluding hydrogens is 286 g/mol. The Morgan fingerprint density at radius 2 is 2.14 bits per heavy atom. The predicted octanol–water partition coefficient (Wildman–Crippen LogP) is 3.22. The van der Waals surface area contributed by atoms with Crippen molar-refractivity contribution in [3.63, 3.8) is 0 Å². The summed E-state index contributed by atoms with van der Waals surface area (Å²) >= 11 is 1.44. The smallest absolute Gasteiger partial charge is 0.315 e. The largest absolute Gasteiger partial charge is 0.462 e. The van der Waals surface area contributed by atoms with E-state index in [2.05, 4.69) is 0 Å². The van der Waals surface area contributed by atoms with E-state index in [1.807, 2.05) is 48.1 Å². The van der Waals surface area contributed by atoms with Crippen molar-refractivity contribution in [2.24, 2.45) is 0 Å². The molecule has 1 atom stereocenters. The van der Waals surface area contributed by atoms with Gasteiger partial charge >= 0.3 is 5.97 Å². The Balaban J connectivity index is 1.87. The monoisotopic (exact) mass is 303 g/mol. The van der Waals surface area contributed by atoms with Gasteiger partial charge in [-0.2, -0.15) is 0 Å². The first-order chi connectivity index (χ1) is 10.1. The van der Waals surface area contributed by atoms with Crippen molar-refractivity contribution in [1.29, 1.82) is 0 Å². The Morgan fingerprint density at radius 1 is 1.33 bits per heavy atom. The lowest BCUT2D eigenvalue weighted by molar-refractivity contribution is -0.149. The number of carbonyl (C=O) groups excluding carboxylic acids is 2. The minimum Gasteiger partial charge on any atom is -0.462 e. The van der Waals surface area contributed by atoms with Gasteiger partial charge in [0.2, 0.25) is 5.78 Å². The number of esters is 1. The number of nitrogens with zero attached hydrogens (tertiary/aromatic N) is 1. The van der Waals surface area contributed by atoms with Crippen molar-refractivity contribution >= 4 is 23.1 Å². The molecule has 1 aliphatic heterocycles. The van der Waals surface area contributed by atoms with E-state index in [9.17, 15) is 9.59 Å². The van der Waals surface area contributed by atoms with Gasteiger partial charge in [-0.15, -0.1) is 11.3 Å². The molecule has 4 nitrogen and oxygen atoms in total. The maximum atomic E-state index is 12.5. The van der Waals surface area contributed by atoms with Crippen molar-refractivity contribution in [3.8, 4) is 0 Å². The number of hydrogen-bond acceptors (Lipinski definition) is 4. The summed E-state index contributed by atoms with van der Waals surface area (Å²) < 4.78 is 7.25.